The Morgan fingerprint density at radius 3 is 2.94 bits per heavy atom. The van der Waals surface area contributed by atoms with Crippen LogP contribution in [-0.2, 0) is 24.8 Å². The first-order valence-electron chi connectivity index (χ1n) is 5.14. The summed E-state index contributed by atoms with van der Waals surface area (Å²) in [6.45, 7) is 3.03. The summed E-state index contributed by atoms with van der Waals surface area (Å²) < 4.78 is 15.5. The predicted octanol–water partition coefficient (Wildman–Crippen LogP) is 1.55. The summed E-state index contributed by atoms with van der Waals surface area (Å²) in [5.74, 6) is -1.10. The largest absolute Gasteiger partial charge is 0.466 e. The summed E-state index contributed by atoms with van der Waals surface area (Å²) in [6.07, 6.45) is 4.65. The highest BCUT2D eigenvalue weighted by Crippen LogP contribution is 2.34. The van der Waals surface area contributed by atoms with E-state index in [1.54, 1.807) is 12.3 Å². The van der Waals surface area contributed by atoms with E-state index in [0.29, 0.717) is 18.2 Å². The third kappa shape index (κ3) is 2.71. The molecule has 5 nitrogen and oxygen atoms in total. The smallest absolute Gasteiger partial charge is 0.330 e. The molecule has 0 amide bonds. The fourth-order valence-electron chi connectivity index (χ4n) is 1.44. The molecular weight excluding hydrogens is 242 g/mol. The summed E-state index contributed by atoms with van der Waals surface area (Å²) in [5.41, 5.74) is 0. The van der Waals surface area contributed by atoms with Crippen molar-refractivity contribution in [2.24, 2.45) is 0 Å². The number of hydrogen-bond donors (Lipinski definition) is 0. The van der Waals surface area contributed by atoms with Crippen LogP contribution in [0.1, 0.15) is 16.8 Å². The Morgan fingerprint density at radius 1 is 1.59 bits per heavy atom. The van der Waals surface area contributed by atoms with Gasteiger partial charge in [-0.2, -0.15) is 0 Å². The van der Waals surface area contributed by atoms with E-state index in [0.717, 1.165) is 4.88 Å². The molecule has 17 heavy (non-hydrogen) atoms. The van der Waals surface area contributed by atoms with Gasteiger partial charge in [0.25, 0.3) is 0 Å². The lowest BCUT2D eigenvalue weighted by molar-refractivity contribution is -0.147. The minimum Gasteiger partial charge on any atom is -0.466 e. The first-order valence-corrected chi connectivity index (χ1v) is 5.96. The van der Waals surface area contributed by atoms with Crippen molar-refractivity contribution in [2.45, 2.75) is 12.7 Å². The summed E-state index contributed by atoms with van der Waals surface area (Å²) >= 11 is 1.43. The lowest BCUT2D eigenvalue weighted by Gasteiger charge is -2.19. The third-order valence-electron chi connectivity index (χ3n) is 2.37. The maximum atomic E-state index is 10.9. The Kier molecular flexibility index (Phi) is 3.56. The van der Waals surface area contributed by atoms with Gasteiger partial charge < -0.3 is 14.2 Å². The Bertz CT molecular complexity index is 434. The van der Waals surface area contributed by atoms with Crippen molar-refractivity contribution in [2.75, 3.05) is 20.3 Å². The Morgan fingerprint density at radius 2 is 2.29 bits per heavy atom. The van der Waals surface area contributed by atoms with E-state index in [2.05, 4.69) is 9.72 Å². The highest BCUT2D eigenvalue weighted by atomic mass is 32.1. The quantitative estimate of drug-likeness (QED) is 0.606. The maximum absolute atomic E-state index is 10.9. The van der Waals surface area contributed by atoms with E-state index >= 15 is 0 Å². The molecule has 1 aromatic rings. The molecule has 0 aliphatic carbocycles. The number of ether oxygens (including phenoxy) is 3. The van der Waals surface area contributed by atoms with Crippen LogP contribution in [0.2, 0.25) is 0 Å². The van der Waals surface area contributed by atoms with Gasteiger partial charge in [0.2, 0.25) is 5.79 Å². The second-order valence-corrected chi connectivity index (χ2v) is 4.62. The lowest BCUT2D eigenvalue weighted by Crippen LogP contribution is -2.20. The highest BCUT2D eigenvalue weighted by Gasteiger charge is 2.34. The molecule has 2 rings (SSSR count). The zero-order chi connectivity index (χ0) is 12.3. The number of carbonyl (C=O) groups excluding carboxylic acids is 1. The Hall–Kier alpha value is -1.24. The van der Waals surface area contributed by atoms with Gasteiger partial charge in [0, 0.05) is 12.3 Å². The third-order valence-corrected chi connectivity index (χ3v) is 3.52. The van der Waals surface area contributed by atoms with Crippen LogP contribution in [0.5, 0.6) is 0 Å². The minimum absolute atomic E-state index is 0.402. The topological polar surface area (TPSA) is 57.7 Å². The van der Waals surface area contributed by atoms with Crippen molar-refractivity contribution < 1.29 is 19.0 Å². The van der Waals surface area contributed by atoms with Gasteiger partial charge in [-0.05, 0) is 13.0 Å². The molecule has 92 valence electrons. The van der Waals surface area contributed by atoms with Gasteiger partial charge in [-0.3, -0.25) is 0 Å². The van der Waals surface area contributed by atoms with E-state index in [1.165, 1.54) is 24.5 Å². The lowest BCUT2D eigenvalue weighted by atomic mass is 10.3. The number of rotatable bonds is 3. The van der Waals surface area contributed by atoms with Crippen LogP contribution in [0.25, 0.3) is 6.08 Å². The molecule has 0 radical (unpaired) electrons. The van der Waals surface area contributed by atoms with Crippen LogP contribution in [0.3, 0.4) is 0 Å². The Labute approximate surface area is 103 Å². The molecule has 0 saturated carbocycles. The molecule has 6 heteroatoms. The van der Waals surface area contributed by atoms with Crippen LogP contribution in [0, 0.1) is 0 Å². The van der Waals surface area contributed by atoms with Crippen LogP contribution in [0.15, 0.2) is 12.3 Å². The molecular formula is C11H13NO4S. The number of carbonyl (C=O) groups is 1. The van der Waals surface area contributed by atoms with Gasteiger partial charge in [0.1, 0.15) is 5.01 Å². The molecule has 0 bridgehead atoms. The summed E-state index contributed by atoms with van der Waals surface area (Å²) in [6, 6.07) is 0. The molecule has 2 heterocycles. The van der Waals surface area contributed by atoms with E-state index in [4.69, 9.17) is 9.47 Å². The Balaban J connectivity index is 2.10. The van der Waals surface area contributed by atoms with E-state index < -0.39 is 11.8 Å². The zero-order valence-electron chi connectivity index (χ0n) is 9.63. The van der Waals surface area contributed by atoms with E-state index in [-0.39, 0.29) is 0 Å². The molecule has 1 aromatic heterocycles. The van der Waals surface area contributed by atoms with Gasteiger partial charge in [-0.15, -0.1) is 11.3 Å². The standard InChI is InChI=1S/C11H13NO4S/c1-11(15-5-6-16-11)8-7-12-9(17-8)3-4-10(13)14-2/h3-4,7H,5-6H2,1-2H3/b4-3+. The van der Waals surface area contributed by atoms with Gasteiger partial charge in [0.15, 0.2) is 0 Å². The number of nitrogens with zero attached hydrogens (tertiary/aromatic N) is 1. The predicted molar refractivity (Wildman–Crippen MR) is 62.4 cm³/mol. The molecule has 0 N–H and O–H groups in total. The SMILES string of the molecule is COC(=O)/C=C/c1ncc(C2(C)OCCO2)s1. The molecule has 0 aromatic carbocycles. The summed E-state index contributed by atoms with van der Waals surface area (Å²) in [7, 11) is 1.33. The first-order chi connectivity index (χ1) is 8.14. The van der Waals surface area contributed by atoms with Crippen molar-refractivity contribution in [3.8, 4) is 0 Å². The molecule has 1 saturated heterocycles. The summed E-state index contributed by atoms with van der Waals surface area (Å²) in [4.78, 5) is 16.0. The van der Waals surface area contributed by atoms with E-state index in [9.17, 15) is 4.79 Å². The van der Waals surface area contributed by atoms with Crippen molar-refractivity contribution in [1.29, 1.82) is 0 Å². The monoisotopic (exact) mass is 255 g/mol. The molecule has 0 spiro atoms. The second-order valence-electron chi connectivity index (χ2n) is 3.56. The van der Waals surface area contributed by atoms with Crippen molar-refractivity contribution >= 4 is 23.4 Å². The van der Waals surface area contributed by atoms with Gasteiger partial charge in [-0.25, -0.2) is 9.78 Å². The zero-order valence-corrected chi connectivity index (χ0v) is 10.5. The molecule has 0 atom stereocenters. The minimum atomic E-state index is -0.699. The van der Waals surface area contributed by atoms with Crippen molar-refractivity contribution in [1.82, 2.24) is 4.98 Å². The second kappa shape index (κ2) is 4.95. The van der Waals surface area contributed by atoms with Crippen LogP contribution in [0.4, 0.5) is 0 Å². The number of thiazole rings is 1. The number of esters is 1. The average molecular weight is 255 g/mol. The number of aromatic nitrogens is 1. The molecule has 1 aliphatic rings. The summed E-state index contributed by atoms with van der Waals surface area (Å²) in [5, 5.41) is 0.714. The fraction of sp³-hybridized carbons (Fsp3) is 0.455. The van der Waals surface area contributed by atoms with Crippen molar-refractivity contribution in [3.63, 3.8) is 0 Å². The maximum Gasteiger partial charge on any atom is 0.330 e. The van der Waals surface area contributed by atoms with Crippen LogP contribution < -0.4 is 0 Å². The normalized spacial score (nSPS) is 18.7. The molecule has 1 aliphatic heterocycles. The van der Waals surface area contributed by atoms with Gasteiger partial charge >= 0.3 is 5.97 Å². The molecule has 0 unspecified atom stereocenters. The first kappa shape index (κ1) is 12.2. The molecule has 1 fully saturated rings. The van der Waals surface area contributed by atoms with Crippen molar-refractivity contribution in [3.05, 3.63) is 22.2 Å². The van der Waals surface area contributed by atoms with E-state index in [1.807, 2.05) is 6.92 Å². The number of hydrogen-bond acceptors (Lipinski definition) is 6. The van der Waals surface area contributed by atoms with Crippen LogP contribution >= 0.6 is 11.3 Å². The van der Waals surface area contributed by atoms with Gasteiger partial charge in [-0.1, -0.05) is 0 Å². The fourth-order valence-corrected chi connectivity index (χ4v) is 2.31. The highest BCUT2D eigenvalue weighted by molar-refractivity contribution is 7.12. The van der Waals surface area contributed by atoms with Gasteiger partial charge in [0.05, 0.1) is 25.2 Å². The van der Waals surface area contributed by atoms with Crippen LogP contribution in [-0.4, -0.2) is 31.3 Å². The average Bonchev–Trinajstić information content (AvgIpc) is 2.95. The number of methoxy groups -OCH3 is 1.